The van der Waals surface area contributed by atoms with Crippen molar-refractivity contribution in [2.45, 2.75) is 47.2 Å². The smallest absolute Gasteiger partial charge is 0.222 e. The second kappa shape index (κ2) is 8.69. The van der Waals surface area contributed by atoms with Gasteiger partial charge in [0.2, 0.25) is 5.88 Å². The minimum absolute atomic E-state index is 0.168. The van der Waals surface area contributed by atoms with Gasteiger partial charge in [0.1, 0.15) is 16.9 Å². The van der Waals surface area contributed by atoms with E-state index in [1.807, 2.05) is 49.7 Å². The summed E-state index contributed by atoms with van der Waals surface area (Å²) < 4.78 is 9.54. The lowest BCUT2D eigenvalue weighted by Crippen LogP contribution is -2.11. The van der Waals surface area contributed by atoms with Gasteiger partial charge in [-0.05, 0) is 52.8 Å². The van der Waals surface area contributed by atoms with E-state index in [-0.39, 0.29) is 6.04 Å². The van der Waals surface area contributed by atoms with Crippen LogP contribution in [0.5, 0.6) is 5.88 Å². The summed E-state index contributed by atoms with van der Waals surface area (Å²) >= 11 is 0. The summed E-state index contributed by atoms with van der Waals surface area (Å²) in [5.74, 6) is 2.02. The van der Waals surface area contributed by atoms with E-state index in [1.54, 1.807) is 16.9 Å². The number of aromatic nitrogens is 8. The minimum Gasteiger partial charge on any atom is -0.477 e. The summed E-state index contributed by atoms with van der Waals surface area (Å²) in [4.78, 5) is 18.3. The predicted molar refractivity (Wildman–Crippen MR) is 130 cm³/mol. The molecule has 0 amide bonds. The number of aryl methyl sites for hydroxylation is 2. The van der Waals surface area contributed by atoms with Crippen LogP contribution >= 0.6 is 0 Å². The van der Waals surface area contributed by atoms with Crippen LogP contribution in [0, 0.1) is 13.8 Å². The van der Waals surface area contributed by atoms with Gasteiger partial charge >= 0.3 is 0 Å². The summed E-state index contributed by atoms with van der Waals surface area (Å²) in [6, 6.07) is 7.90. The largest absolute Gasteiger partial charge is 0.477 e. The Bertz CT molecular complexity index is 1490. The van der Waals surface area contributed by atoms with Gasteiger partial charge < -0.3 is 10.1 Å². The van der Waals surface area contributed by atoms with Crippen molar-refractivity contribution in [3.05, 3.63) is 54.0 Å². The zero-order valence-electron chi connectivity index (χ0n) is 19.9. The first kappa shape index (κ1) is 21.7. The lowest BCUT2D eigenvalue weighted by Gasteiger charge is -2.15. The molecule has 0 fully saturated rings. The highest BCUT2D eigenvalue weighted by Crippen LogP contribution is 2.34. The summed E-state index contributed by atoms with van der Waals surface area (Å²) in [6.07, 6.45) is 3.47. The molecule has 5 rings (SSSR count). The second-order valence-corrected chi connectivity index (χ2v) is 8.31. The van der Waals surface area contributed by atoms with Gasteiger partial charge in [0.25, 0.3) is 0 Å². The third-order valence-corrected chi connectivity index (χ3v) is 5.51. The Kier molecular flexibility index (Phi) is 5.56. The molecule has 174 valence electrons. The molecule has 0 saturated carbocycles. The maximum Gasteiger partial charge on any atom is 0.222 e. The predicted octanol–water partition coefficient (Wildman–Crippen LogP) is 4.14. The zero-order valence-corrected chi connectivity index (χ0v) is 19.9. The Hall–Kier alpha value is -4.08. The van der Waals surface area contributed by atoms with Gasteiger partial charge in [-0.1, -0.05) is 0 Å². The normalized spacial score (nSPS) is 11.6. The van der Waals surface area contributed by atoms with E-state index >= 15 is 0 Å². The molecule has 5 aromatic rings. The quantitative estimate of drug-likeness (QED) is 0.388. The van der Waals surface area contributed by atoms with E-state index in [0.29, 0.717) is 24.9 Å². The second-order valence-electron chi connectivity index (χ2n) is 8.31. The molecule has 34 heavy (non-hydrogen) atoms. The van der Waals surface area contributed by atoms with Crippen LogP contribution in [0.1, 0.15) is 44.2 Å². The lowest BCUT2D eigenvalue weighted by atomic mass is 10.1. The highest BCUT2D eigenvalue weighted by molar-refractivity contribution is 5.93. The molecule has 0 unspecified atom stereocenters. The van der Waals surface area contributed by atoms with Crippen LogP contribution in [-0.2, 0) is 6.54 Å². The summed E-state index contributed by atoms with van der Waals surface area (Å²) in [5, 5.41) is 12.8. The van der Waals surface area contributed by atoms with Crippen LogP contribution in [0.4, 0.5) is 5.69 Å². The molecule has 10 nitrogen and oxygen atoms in total. The number of nitrogens with one attached hydrogen (secondary N) is 1. The minimum atomic E-state index is 0.168. The van der Waals surface area contributed by atoms with E-state index in [1.165, 1.54) is 0 Å². The Morgan fingerprint density at radius 3 is 2.71 bits per heavy atom. The van der Waals surface area contributed by atoms with E-state index < -0.39 is 0 Å². The maximum atomic E-state index is 5.78. The topological polar surface area (TPSA) is 108 Å². The van der Waals surface area contributed by atoms with Gasteiger partial charge in [-0.2, -0.15) is 9.61 Å². The van der Waals surface area contributed by atoms with Crippen molar-refractivity contribution in [1.29, 1.82) is 0 Å². The number of rotatable bonds is 7. The number of hydrogen-bond donors (Lipinski definition) is 1. The van der Waals surface area contributed by atoms with E-state index in [4.69, 9.17) is 14.8 Å². The van der Waals surface area contributed by atoms with E-state index in [9.17, 15) is 0 Å². The summed E-state index contributed by atoms with van der Waals surface area (Å²) in [6.45, 7) is 11.0. The van der Waals surface area contributed by atoms with Gasteiger partial charge in [0, 0.05) is 24.5 Å². The number of fused-ring (bicyclic) bond motifs is 2. The van der Waals surface area contributed by atoms with Crippen LogP contribution in [0.2, 0.25) is 0 Å². The molecule has 0 bridgehead atoms. The zero-order chi connectivity index (χ0) is 23.8. The first-order chi connectivity index (χ1) is 16.5. The highest BCUT2D eigenvalue weighted by atomic mass is 16.5. The van der Waals surface area contributed by atoms with E-state index in [0.717, 1.165) is 45.1 Å². The molecule has 0 aliphatic heterocycles. The Morgan fingerprint density at radius 1 is 1.06 bits per heavy atom. The average Bonchev–Trinajstić information content (AvgIpc) is 3.37. The van der Waals surface area contributed by atoms with Gasteiger partial charge in [-0.25, -0.2) is 19.9 Å². The van der Waals surface area contributed by atoms with Gasteiger partial charge in [0.15, 0.2) is 11.5 Å². The molecule has 5 heterocycles. The Balaban J connectivity index is 1.64. The van der Waals surface area contributed by atoms with Crippen LogP contribution < -0.4 is 10.1 Å². The molecule has 0 saturated heterocycles. The fraction of sp³-hybridized carbons (Fsp3) is 0.333. The monoisotopic (exact) mass is 457 g/mol. The van der Waals surface area contributed by atoms with Crippen molar-refractivity contribution in [3.8, 4) is 17.1 Å². The fourth-order valence-electron chi connectivity index (χ4n) is 4.03. The van der Waals surface area contributed by atoms with Crippen LogP contribution in [0.25, 0.3) is 27.9 Å². The molecular weight excluding hydrogens is 430 g/mol. The Labute approximate surface area is 197 Å². The molecule has 0 radical (unpaired) electrons. The number of nitrogens with zero attached hydrogens (tertiary/aromatic N) is 8. The first-order valence-electron chi connectivity index (χ1n) is 11.4. The third-order valence-electron chi connectivity index (χ3n) is 5.51. The van der Waals surface area contributed by atoms with Crippen molar-refractivity contribution in [2.75, 3.05) is 11.9 Å². The van der Waals surface area contributed by atoms with Crippen LogP contribution in [0.15, 0.2) is 36.7 Å². The number of anilines is 1. The maximum absolute atomic E-state index is 5.78. The first-order valence-corrected chi connectivity index (χ1v) is 11.4. The van der Waals surface area contributed by atoms with Gasteiger partial charge in [-0.15, -0.1) is 5.10 Å². The standard InChI is InChI=1S/C24H27N9O/c1-6-34-24-17(8-7-10-26-24)18-12-19(23-22(29-18)15(4)30-32(23)14(2)3)27-13-21-25-11-9-20-28-16(5)31-33(20)21/h7-12,14H,6,13H2,1-5H3,(H,27,29). The number of hydrogen-bond acceptors (Lipinski definition) is 8. The Morgan fingerprint density at radius 2 is 1.91 bits per heavy atom. The SMILES string of the molecule is CCOc1ncccc1-c1cc(NCc2nccc3nc(C)nn23)c2c(n1)c(C)nn2C(C)C. The highest BCUT2D eigenvalue weighted by Gasteiger charge is 2.20. The molecule has 5 aromatic heterocycles. The molecule has 10 heteroatoms. The van der Waals surface area contributed by atoms with Crippen LogP contribution in [-0.4, -0.2) is 45.9 Å². The average molecular weight is 458 g/mol. The van der Waals surface area contributed by atoms with Gasteiger partial charge in [-0.3, -0.25) is 4.68 Å². The summed E-state index contributed by atoms with van der Waals surface area (Å²) in [7, 11) is 0. The molecule has 0 aliphatic rings. The van der Waals surface area contributed by atoms with Gasteiger partial charge in [0.05, 0.1) is 35.8 Å². The van der Waals surface area contributed by atoms with Crippen molar-refractivity contribution in [2.24, 2.45) is 0 Å². The van der Waals surface area contributed by atoms with Crippen molar-refractivity contribution in [1.82, 2.24) is 39.3 Å². The van der Waals surface area contributed by atoms with Crippen LogP contribution in [0.3, 0.4) is 0 Å². The summed E-state index contributed by atoms with van der Waals surface area (Å²) in [5.41, 5.74) is 5.91. The van der Waals surface area contributed by atoms with E-state index in [2.05, 4.69) is 39.2 Å². The number of pyridine rings is 2. The lowest BCUT2D eigenvalue weighted by molar-refractivity contribution is 0.328. The van der Waals surface area contributed by atoms with Crippen molar-refractivity contribution < 1.29 is 4.74 Å². The molecule has 0 atom stereocenters. The molecule has 0 aromatic carbocycles. The molecular formula is C24H27N9O. The fourth-order valence-corrected chi connectivity index (χ4v) is 4.03. The molecule has 0 spiro atoms. The van der Waals surface area contributed by atoms with Crippen molar-refractivity contribution in [3.63, 3.8) is 0 Å². The number of ether oxygens (including phenoxy) is 1. The van der Waals surface area contributed by atoms with Crippen molar-refractivity contribution >= 4 is 22.4 Å². The molecule has 0 aliphatic carbocycles. The molecule has 1 N–H and O–H groups in total. The third kappa shape index (κ3) is 3.81.